The summed E-state index contributed by atoms with van der Waals surface area (Å²) in [5, 5.41) is 2.75. The van der Waals surface area contributed by atoms with Gasteiger partial charge in [-0.3, -0.25) is 0 Å². The zero-order chi connectivity index (χ0) is 17.8. The van der Waals surface area contributed by atoms with E-state index in [2.05, 4.69) is 5.32 Å². The quantitative estimate of drug-likeness (QED) is 0.880. The summed E-state index contributed by atoms with van der Waals surface area (Å²) in [5.41, 5.74) is 0.472. The summed E-state index contributed by atoms with van der Waals surface area (Å²) in [6, 6.07) is 16.6. The Balaban J connectivity index is 2.48. The molecule has 0 aliphatic carbocycles. The Labute approximate surface area is 142 Å². The van der Waals surface area contributed by atoms with E-state index in [0.29, 0.717) is 11.1 Å². The summed E-state index contributed by atoms with van der Waals surface area (Å²) in [5.74, 6) is 0. The van der Waals surface area contributed by atoms with Gasteiger partial charge in [0.2, 0.25) is 0 Å². The van der Waals surface area contributed by atoms with Gasteiger partial charge in [-0.1, -0.05) is 60.2 Å². The molecule has 0 saturated carbocycles. The maximum Gasteiger partial charge on any atom is 0.408 e. The lowest BCUT2D eigenvalue weighted by molar-refractivity contribution is 0.0456. The first-order valence-corrected chi connectivity index (χ1v) is 7.97. The van der Waals surface area contributed by atoms with Crippen LogP contribution in [0.3, 0.4) is 0 Å². The van der Waals surface area contributed by atoms with Crippen LogP contribution in [0.2, 0.25) is 0 Å². The normalized spacial score (nSPS) is 13.9. The van der Waals surface area contributed by atoms with E-state index in [9.17, 15) is 9.18 Å². The van der Waals surface area contributed by atoms with Crippen molar-refractivity contribution in [2.24, 2.45) is 0 Å². The molecule has 0 fully saturated rings. The van der Waals surface area contributed by atoms with E-state index in [4.69, 9.17) is 4.74 Å². The number of aryl methyl sites for hydroxylation is 1. The number of hydrogen-bond acceptors (Lipinski definition) is 2. The van der Waals surface area contributed by atoms with Crippen LogP contribution < -0.4 is 5.32 Å². The molecule has 3 nitrogen and oxygen atoms in total. The molecule has 2 rings (SSSR count). The SMILES string of the molecule is Cc1ccc([C@](CF)(NC(=O)OC(C)(C)C)c2ccccc2)cc1. The van der Waals surface area contributed by atoms with Gasteiger partial charge in [0, 0.05) is 0 Å². The molecule has 128 valence electrons. The molecule has 2 aromatic carbocycles. The molecule has 0 radical (unpaired) electrons. The molecule has 0 saturated heterocycles. The van der Waals surface area contributed by atoms with Crippen LogP contribution in [0.4, 0.5) is 9.18 Å². The van der Waals surface area contributed by atoms with Gasteiger partial charge in [0.1, 0.15) is 17.8 Å². The molecule has 0 heterocycles. The predicted molar refractivity (Wildman–Crippen MR) is 93.7 cm³/mol. The van der Waals surface area contributed by atoms with E-state index in [1.54, 1.807) is 32.9 Å². The first-order valence-electron chi connectivity index (χ1n) is 7.97. The second kappa shape index (κ2) is 7.04. The van der Waals surface area contributed by atoms with Crippen LogP contribution in [0.5, 0.6) is 0 Å². The molecule has 1 atom stereocenters. The fourth-order valence-corrected chi connectivity index (χ4v) is 2.54. The highest BCUT2D eigenvalue weighted by molar-refractivity contribution is 5.70. The van der Waals surface area contributed by atoms with Crippen LogP contribution in [-0.2, 0) is 10.3 Å². The number of carbonyl (C=O) groups is 1. The number of rotatable bonds is 4. The number of benzene rings is 2. The van der Waals surface area contributed by atoms with E-state index in [1.807, 2.05) is 49.4 Å². The zero-order valence-electron chi connectivity index (χ0n) is 14.6. The second-order valence-electron chi connectivity index (χ2n) is 6.90. The Bertz CT molecular complexity index is 677. The lowest BCUT2D eigenvalue weighted by Crippen LogP contribution is -2.50. The Morgan fingerprint density at radius 1 is 1.00 bits per heavy atom. The van der Waals surface area contributed by atoms with Crippen molar-refractivity contribution in [1.82, 2.24) is 5.32 Å². The number of alkyl carbamates (subject to hydrolysis) is 1. The summed E-state index contributed by atoms with van der Waals surface area (Å²) in [6.07, 6.45) is -0.649. The highest BCUT2D eigenvalue weighted by Crippen LogP contribution is 2.31. The van der Waals surface area contributed by atoms with Crippen LogP contribution in [0.25, 0.3) is 0 Å². The summed E-state index contributed by atoms with van der Waals surface area (Å²) in [4.78, 5) is 12.3. The maximum atomic E-state index is 14.3. The zero-order valence-corrected chi connectivity index (χ0v) is 14.6. The largest absolute Gasteiger partial charge is 0.444 e. The van der Waals surface area contributed by atoms with E-state index in [-0.39, 0.29) is 0 Å². The molecule has 0 aliphatic heterocycles. The summed E-state index contributed by atoms with van der Waals surface area (Å²) in [6.45, 7) is 6.51. The van der Waals surface area contributed by atoms with Crippen molar-refractivity contribution < 1.29 is 13.9 Å². The van der Waals surface area contributed by atoms with E-state index >= 15 is 0 Å². The van der Waals surface area contributed by atoms with Crippen LogP contribution in [0.15, 0.2) is 54.6 Å². The van der Waals surface area contributed by atoms with Gasteiger partial charge in [0.05, 0.1) is 0 Å². The molecule has 24 heavy (non-hydrogen) atoms. The number of nitrogens with one attached hydrogen (secondary N) is 1. The van der Waals surface area contributed by atoms with Gasteiger partial charge in [0.15, 0.2) is 0 Å². The number of alkyl halides is 1. The smallest absolute Gasteiger partial charge is 0.408 e. The second-order valence-corrected chi connectivity index (χ2v) is 6.90. The molecule has 0 spiro atoms. The van der Waals surface area contributed by atoms with Gasteiger partial charge in [-0.15, -0.1) is 0 Å². The van der Waals surface area contributed by atoms with Crippen molar-refractivity contribution in [3.8, 4) is 0 Å². The predicted octanol–water partition coefficient (Wildman–Crippen LogP) is 4.73. The number of amides is 1. The molecule has 0 aliphatic rings. The number of ether oxygens (including phenoxy) is 1. The lowest BCUT2D eigenvalue weighted by atomic mass is 9.83. The number of hydrogen-bond donors (Lipinski definition) is 1. The lowest BCUT2D eigenvalue weighted by Gasteiger charge is -2.34. The Morgan fingerprint density at radius 3 is 2.04 bits per heavy atom. The minimum absolute atomic E-state index is 0.649. The third-order valence-corrected chi connectivity index (χ3v) is 3.73. The molecule has 4 heteroatoms. The first kappa shape index (κ1) is 18.0. The maximum absolute atomic E-state index is 14.3. The van der Waals surface area contributed by atoms with Gasteiger partial charge in [-0.05, 0) is 38.8 Å². The minimum Gasteiger partial charge on any atom is -0.444 e. The third-order valence-electron chi connectivity index (χ3n) is 3.73. The van der Waals surface area contributed by atoms with Crippen molar-refractivity contribution in [3.63, 3.8) is 0 Å². The standard InChI is InChI=1S/C20H24FNO2/c1-15-10-12-17(13-11-15)20(14-21,16-8-6-5-7-9-16)22-18(23)24-19(2,3)4/h5-13H,14H2,1-4H3,(H,22,23)/t20-/m1/s1. The fourth-order valence-electron chi connectivity index (χ4n) is 2.54. The summed E-state index contributed by atoms with van der Waals surface area (Å²) in [7, 11) is 0. The van der Waals surface area contributed by atoms with Crippen LogP contribution in [-0.4, -0.2) is 18.4 Å². The molecule has 2 aromatic rings. The fraction of sp³-hybridized carbons (Fsp3) is 0.350. The highest BCUT2D eigenvalue weighted by Gasteiger charge is 2.37. The summed E-state index contributed by atoms with van der Waals surface area (Å²) >= 11 is 0. The highest BCUT2D eigenvalue weighted by atomic mass is 19.1. The average Bonchev–Trinajstić information content (AvgIpc) is 2.52. The van der Waals surface area contributed by atoms with Crippen molar-refractivity contribution in [3.05, 3.63) is 71.3 Å². The van der Waals surface area contributed by atoms with Crippen LogP contribution in [0.1, 0.15) is 37.5 Å². The summed E-state index contributed by atoms with van der Waals surface area (Å²) < 4.78 is 19.7. The molecular formula is C20H24FNO2. The van der Waals surface area contributed by atoms with Gasteiger partial charge >= 0.3 is 6.09 Å². The van der Waals surface area contributed by atoms with Crippen molar-refractivity contribution in [1.29, 1.82) is 0 Å². The Kier molecular flexibility index (Phi) is 5.27. The molecule has 1 amide bonds. The molecule has 0 unspecified atom stereocenters. The molecule has 1 N–H and O–H groups in total. The van der Waals surface area contributed by atoms with Gasteiger partial charge in [-0.25, -0.2) is 9.18 Å². The Hall–Kier alpha value is -2.36. The topological polar surface area (TPSA) is 38.3 Å². The minimum atomic E-state index is -1.28. The van der Waals surface area contributed by atoms with E-state index < -0.39 is 23.9 Å². The van der Waals surface area contributed by atoms with Gasteiger partial charge < -0.3 is 10.1 Å². The molecular weight excluding hydrogens is 305 g/mol. The van der Waals surface area contributed by atoms with Gasteiger partial charge in [0.25, 0.3) is 0 Å². The first-order chi connectivity index (χ1) is 11.3. The monoisotopic (exact) mass is 329 g/mol. The third kappa shape index (κ3) is 4.13. The van der Waals surface area contributed by atoms with E-state index in [1.165, 1.54) is 0 Å². The van der Waals surface area contributed by atoms with Gasteiger partial charge in [-0.2, -0.15) is 0 Å². The number of halogens is 1. The molecule has 0 aromatic heterocycles. The van der Waals surface area contributed by atoms with Crippen molar-refractivity contribution in [2.45, 2.75) is 38.8 Å². The Morgan fingerprint density at radius 2 is 1.54 bits per heavy atom. The average molecular weight is 329 g/mol. The number of carbonyl (C=O) groups excluding carboxylic acids is 1. The van der Waals surface area contributed by atoms with Crippen LogP contribution >= 0.6 is 0 Å². The molecule has 0 bridgehead atoms. The van der Waals surface area contributed by atoms with Crippen molar-refractivity contribution >= 4 is 6.09 Å². The van der Waals surface area contributed by atoms with Crippen LogP contribution in [0, 0.1) is 6.92 Å². The van der Waals surface area contributed by atoms with E-state index in [0.717, 1.165) is 5.56 Å². The van der Waals surface area contributed by atoms with Crippen molar-refractivity contribution in [2.75, 3.05) is 6.67 Å².